The van der Waals surface area contributed by atoms with Crippen LogP contribution in [-0.2, 0) is 16.0 Å². The Labute approximate surface area is 143 Å². The van der Waals surface area contributed by atoms with E-state index in [-0.39, 0.29) is 12.2 Å². The van der Waals surface area contributed by atoms with Crippen LogP contribution in [0, 0.1) is 0 Å². The molecule has 1 atom stereocenters. The number of Topliss-reactive ketones (excluding diaryl/α,β-unsaturated/α-hetero) is 1. The first-order chi connectivity index (χ1) is 11.0. The van der Waals surface area contributed by atoms with Gasteiger partial charge in [0.15, 0.2) is 6.10 Å². The predicted octanol–water partition coefficient (Wildman–Crippen LogP) is 3.81. The van der Waals surface area contributed by atoms with Gasteiger partial charge in [-0.1, -0.05) is 28.1 Å². The third kappa shape index (κ3) is 4.93. The summed E-state index contributed by atoms with van der Waals surface area (Å²) in [6.45, 7) is 1.58. The van der Waals surface area contributed by atoms with E-state index in [0.717, 1.165) is 10.0 Å². The topological polar surface area (TPSA) is 52.6 Å². The lowest BCUT2D eigenvalue weighted by atomic mass is 10.1. The van der Waals surface area contributed by atoms with Crippen molar-refractivity contribution in [2.45, 2.75) is 19.4 Å². The third-order valence-corrected chi connectivity index (χ3v) is 3.84. The van der Waals surface area contributed by atoms with Gasteiger partial charge in [0.05, 0.1) is 13.5 Å². The molecule has 2 aromatic carbocycles. The van der Waals surface area contributed by atoms with E-state index in [0.29, 0.717) is 11.3 Å². The Morgan fingerprint density at radius 2 is 1.65 bits per heavy atom. The number of rotatable bonds is 6. The molecule has 0 bridgehead atoms. The molecule has 0 aliphatic heterocycles. The number of hydrogen-bond acceptors (Lipinski definition) is 4. The average molecular weight is 377 g/mol. The molecule has 0 saturated carbocycles. The van der Waals surface area contributed by atoms with Crippen molar-refractivity contribution in [2.24, 2.45) is 0 Å². The normalized spacial score (nSPS) is 11.6. The van der Waals surface area contributed by atoms with Gasteiger partial charge >= 0.3 is 5.97 Å². The van der Waals surface area contributed by atoms with Crippen LogP contribution in [0.15, 0.2) is 53.0 Å². The number of carbonyl (C=O) groups excluding carboxylic acids is 2. The van der Waals surface area contributed by atoms with Gasteiger partial charge in [-0.25, -0.2) is 0 Å². The van der Waals surface area contributed by atoms with E-state index in [4.69, 9.17) is 9.47 Å². The molecule has 2 rings (SSSR count). The van der Waals surface area contributed by atoms with Crippen LogP contribution < -0.4 is 4.74 Å². The van der Waals surface area contributed by atoms with Gasteiger partial charge in [0, 0.05) is 10.0 Å². The number of esters is 1. The zero-order chi connectivity index (χ0) is 16.8. The second-order valence-corrected chi connectivity index (χ2v) is 5.94. The molecular weight excluding hydrogens is 360 g/mol. The lowest BCUT2D eigenvalue weighted by molar-refractivity contribution is -0.145. The average Bonchev–Trinajstić information content (AvgIpc) is 2.56. The van der Waals surface area contributed by atoms with Gasteiger partial charge < -0.3 is 9.47 Å². The predicted molar refractivity (Wildman–Crippen MR) is 90.7 cm³/mol. The largest absolute Gasteiger partial charge is 0.497 e. The van der Waals surface area contributed by atoms with Crippen LogP contribution in [-0.4, -0.2) is 25.0 Å². The fourth-order valence-electron chi connectivity index (χ4n) is 2.05. The number of methoxy groups -OCH3 is 1. The van der Waals surface area contributed by atoms with Crippen molar-refractivity contribution in [3.8, 4) is 5.75 Å². The van der Waals surface area contributed by atoms with E-state index >= 15 is 0 Å². The summed E-state index contributed by atoms with van der Waals surface area (Å²) < 4.78 is 11.2. The van der Waals surface area contributed by atoms with Crippen LogP contribution in [0.5, 0.6) is 5.75 Å². The minimum absolute atomic E-state index is 0.132. The molecular formula is C18H17BrO4. The van der Waals surface area contributed by atoms with Crippen molar-refractivity contribution in [1.29, 1.82) is 0 Å². The van der Waals surface area contributed by atoms with Gasteiger partial charge in [0.2, 0.25) is 5.78 Å². The van der Waals surface area contributed by atoms with Crippen LogP contribution in [0.4, 0.5) is 0 Å². The summed E-state index contributed by atoms with van der Waals surface area (Å²) in [5.41, 5.74) is 1.32. The van der Waals surface area contributed by atoms with Crippen molar-refractivity contribution in [3.63, 3.8) is 0 Å². The molecule has 0 amide bonds. The van der Waals surface area contributed by atoms with Crippen molar-refractivity contribution in [2.75, 3.05) is 7.11 Å². The number of hydrogen-bond donors (Lipinski definition) is 0. The number of carbonyl (C=O) groups is 2. The zero-order valence-electron chi connectivity index (χ0n) is 12.9. The van der Waals surface area contributed by atoms with Crippen molar-refractivity contribution in [3.05, 3.63) is 64.1 Å². The van der Waals surface area contributed by atoms with E-state index in [1.165, 1.54) is 0 Å². The maximum Gasteiger partial charge on any atom is 0.310 e. The molecule has 0 radical (unpaired) electrons. The molecule has 1 unspecified atom stereocenters. The molecule has 0 heterocycles. The van der Waals surface area contributed by atoms with Gasteiger partial charge in [-0.15, -0.1) is 0 Å². The molecule has 0 aromatic heterocycles. The molecule has 5 heteroatoms. The van der Waals surface area contributed by atoms with Gasteiger partial charge in [0.1, 0.15) is 5.75 Å². The zero-order valence-corrected chi connectivity index (χ0v) is 14.5. The number of benzene rings is 2. The summed E-state index contributed by atoms with van der Waals surface area (Å²) in [4.78, 5) is 24.2. The highest BCUT2D eigenvalue weighted by atomic mass is 79.9. The van der Waals surface area contributed by atoms with Crippen LogP contribution in [0.25, 0.3) is 0 Å². The van der Waals surface area contributed by atoms with Gasteiger partial charge in [-0.3, -0.25) is 9.59 Å². The molecule has 0 aliphatic carbocycles. The molecule has 0 aliphatic rings. The lowest BCUT2D eigenvalue weighted by Gasteiger charge is -2.12. The number of ether oxygens (including phenoxy) is 2. The highest BCUT2D eigenvalue weighted by Gasteiger charge is 2.19. The van der Waals surface area contributed by atoms with Crippen molar-refractivity contribution >= 4 is 27.7 Å². The van der Waals surface area contributed by atoms with E-state index in [2.05, 4.69) is 15.9 Å². The Kier molecular flexibility index (Phi) is 5.93. The van der Waals surface area contributed by atoms with Crippen molar-refractivity contribution < 1.29 is 19.1 Å². The van der Waals surface area contributed by atoms with E-state index < -0.39 is 12.1 Å². The molecule has 2 aromatic rings. The number of halogens is 1. The summed E-state index contributed by atoms with van der Waals surface area (Å²) in [5.74, 6) is -0.0000653. The first kappa shape index (κ1) is 17.2. The maximum absolute atomic E-state index is 12.3. The fourth-order valence-corrected chi connectivity index (χ4v) is 2.32. The van der Waals surface area contributed by atoms with Crippen LogP contribution in [0.2, 0.25) is 0 Å². The summed E-state index contributed by atoms with van der Waals surface area (Å²) in [6, 6.07) is 14.1. The van der Waals surface area contributed by atoms with E-state index in [1.54, 1.807) is 38.3 Å². The second-order valence-electron chi connectivity index (χ2n) is 5.03. The van der Waals surface area contributed by atoms with Crippen LogP contribution in [0.3, 0.4) is 0 Å². The summed E-state index contributed by atoms with van der Waals surface area (Å²) >= 11 is 3.34. The Morgan fingerprint density at radius 1 is 1.04 bits per heavy atom. The molecule has 120 valence electrons. The highest BCUT2D eigenvalue weighted by Crippen LogP contribution is 2.15. The number of ketones is 1. The highest BCUT2D eigenvalue weighted by molar-refractivity contribution is 9.10. The Balaban J connectivity index is 1.94. The van der Waals surface area contributed by atoms with Gasteiger partial charge in [-0.05, 0) is 48.9 Å². The minimum atomic E-state index is -0.827. The molecule has 0 saturated heterocycles. The SMILES string of the molecule is COc1ccc(C(=O)C(C)OC(=O)Cc2ccc(Br)cc2)cc1. The quantitative estimate of drug-likeness (QED) is 0.568. The summed E-state index contributed by atoms with van der Waals surface area (Å²) in [6.07, 6.45) is -0.695. The second kappa shape index (κ2) is 7.92. The van der Waals surface area contributed by atoms with Gasteiger partial charge in [0.25, 0.3) is 0 Å². The van der Waals surface area contributed by atoms with Crippen LogP contribution in [0.1, 0.15) is 22.8 Å². The lowest BCUT2D eigenvalue weighted by Crippen LogP contribution is -2.25. The van der Waals surface area contributed by atoms with E-state index in [1.807, 2.05) is 24.3 Å². The smallest absolute Gasteiger partial charge is 0.310 e. The molecule has 23 heavy (non-hydrogen) atoms. The van der Waals surface area contributed by atoms with Crippen LogP contribution >= 0.6 is 15.9 Å². The molecule has 0 fully saturated rings. The Morgan fingerprint density at radius 3 is 2.22 bits per heavy atom. The molecule has 0 spiro atoms. The van der Waals surface area contributed by atoms with E-state index in [9.17, 15) is 9.59 Å². The fraction of sp³-hybridized carbons (Fsp3) is 0.222. The summed E-state index contributed by atoms with van der Waals surface area (Å²) in [5, 5.41) is 0. The minimum Gasteiger partial charge on any atom is -0.497 e. The Hall–Kier alpha value is -2.14. The van der Waals surface area contributed by atoms with Gasteiger partial charge in [-0.2, -0.15) is 0 Å². The monoisotopic (exact) mass is 376 g/mol. The Bertz CT molecular complexity index is 677. The standard InChI is InChI=1S/C18H17BrO4/c1-12(18(21)14-5-9-16(22-2)10-6-14)23-17(20)11-13-3-7-15(19)8-4-13/h3-10,12H,11H2,1-2H3. The first-order valence-corrected chi connectivity index (χ1v) is 7.91. The summed E-state index contributed by atoms with van der Waals surface area (Å²) in [7, 11) is 1.56. The van der Waals surface area contributed by atoms with Crippen molar-refractivity contribution in [1.82, 2.24) is 0 Å². The molecule has 0 N–H and O–H groups in total. The maximum atomic E-state index is 12.3. The molecule has 4 nitrogen and oxygen atoms in total. The first-order valence-electron chi connectivity index (χ1n) is 7.12. The third-order valence-electron chi connectivity index (χ3n) is 3.31.